The third-order valence-corrected chi connectivity index (χ3v) is 12.2. The van der Waals surface area contributed by atoms with Crippen molar-refractivity contribution in [3.63, 3.8) is 0 Å². The number of para-hydroxylation sites is 3. The lowest BCUT2D eigenvalue weighted by Crippen LogP contribution is -2.16. The Hall–Kier alpha value is -6.99. The van der Waals surface area contributed by atoms with Gasteiger partial charge in [0, 0.05) is 45.0 Å². The Morgan fingerprint density at radius 2 is 0.677 bits per heavy atom. The van der Waals surface area contributed by atoms with Crippen LogP contribution in [0.3, 0.4) is 0 Å². The van der Waals surface area contributed by atoms with Crippen LogP contribution in [0.25, 0.3) is 22.3 Å². The molecule has 6 nitrogen and oxygen atoms in total. The zero-order valence-electron chi connectivity index (χ0n) is 35.2. The minimum absolute atomic E-state index is 0.0566. The molecular weight excluding hydrogens is 762 g/mol. The van der Waals surface area contributed by atoms with Gasteiger partial charge in [-0.25, -0.2) is 0 Å². The fourth-order valence-electron chi connectivity index (χ4n) is 9.17. The van der Waals surface area contributed by atoms with Crippen molar-refractivity contribution in [2.75, 3.05) is 9.80 Å². The van der Waals surface area contributed by atoms with E-state index in [1.807, 2.05) is 66.7 Å². The Morgan fingerprint density at radius 3 is 1.16 bits per heavy atom. The summed E-state index contributed by atoms with van der Waals surface area (Å²) in [6.07, 6.45) is 0. The van der Waals surface area contributed by atoms with E-state index in [2.05, 4.69) is 165 Å². The summed E-state index contributed by atoms with van der Waals surface area (Å²) in [5, 5.41) is 17.9. The minimum Gasteiger partial charge on any atom is -0.537 e. The highest BCUT2D eigenvalue weighted by Gasteiger charge is 2.37. The molecule has 0 saturated heterocycles. The van der Waals surface area contributed by atoms with Crippen molar-refractivity contribution in [1.82, 2.24) is 0 Å². The van der Waals surface area contributed by atoms with Crippen LogP contribution in [0.2, 0.25) is 0 Å². The maximum atomic E-state index is 9.03. The number of nitrogens with zero attached hydrogens (tertiary/aromatic N) is 2. The summed E-state index contributed by atoms with van der Waals surface area (Å²) in [5.41, 5.74) is 16.6. The second-order valence-corrected chi connectivity index (χ2v) is 16.6. The van der Waals surface area contributed by atoms with Gasteiger partial charge in [0.2, 0.25) is 0 Å². The van der Waals surface area contributed by atoms with Gasteiger partial charge >= 0.3 is 15.4 Å². The molecule has 0 spiro atoms. The summed E-state index contributed by atoms with van der Waals surface area (Å²) in [6, 6.07) is 67.1. The molecule has 2 N–H and O–H groups in total. The molecule has 62 heavy (non-hydrogen) atoms. The molecule has 8 heteroatoms. The first kappa shape index (κ1) is 40.4. The number of rotatable bonds is 10. The smallest absolute Gasteiger partial charge is 0.537 e. The van der Waals surface area contributed by atoms with E-state index in [-0.39, 0.29) is 10.8 Å². The molecule has 0 amide bonds. The number of anilines is 6. The summed E-state index contributed by atoms with van der Waals surface area (Å²) in [6.45, 7) is 9.07. The zero-order valence-corrected chi connectivity index (χ0v) is 35.2. The van der Waals surface area contributed by atoms with E-state index < -0.39 is 0 Å². The Kier molecular flexibility index (Phi) is 11.0. The molecule has 0 unspecified atom stereocenters. The molecule has 0 fully saturated rings. The summed E-state index contributed by atoms with van der Waals surface area (Å²) in [5.74, 6) is 1.22. The van der Waals surface area contributed by atoms with Crippen LogP contribution in [-0.2, 0) is 10.8 Å². The lowest BCUT2D eigenvalue weighted by Gasteiger charge is -2.28. The molecule has 8 aromatic rings. The van der Waals surface area contributed by atoms with Crippen molar-refractivity contribution in [2.45, 2.75) is 38.5 Å². The van der Waals surface area contributed by atoms with E-state index in [4.69, 9.17) is 19.4 Å². The summed E-state index contributed by atoms with van der Waals surface area (Å²) in [4.78, 5) is 4.53. The number of hydrogen-bond acceptors (Lipinski definition) is 6. The molecule has 0 aromatic heterocycles. The van der Waals surface area contributed by atoms with Crippen LogP contribution in [0.15, 0.2) is 194 Å². The molecule has 8 aromatic carbocycles. The van der Waals surface area contributed by atoms with Gasteiger partial charge in [-0.15, -0.1) is 0 Å². The SMILES string of the molecule is CC1(C)c2cc(O[B]O)ccc2-c2ccc(N(c3ccccc3)c3ccccc3)cc21.CC1(C)c2ccccc2-c2ccc(N(c3ccccc3)c3ccc(O[B]O)cc3)cc21. The third kappa shape index (κ3) is 7.42. The zero-order chi connectivity index (χ0) is 42.8. The standard InChI is InChI=1S/2C27H23BNO2/c1-27(2)25-17-21(13-15-23(25)24-16-14-22(31-28-30)18-26(24)27)29(19-9-5-3-6-10-19)20-11-7-4-8-12-20;1-27(2)25-11-7-6-10-23(25)24-17-14-21(18-26(24)27)29(19-8-4-3-5-9-19)20-12-15-22(16-13-20)31-28-30/h2*3-18,30H,1-2H3. The first-order valence-corrected chi connectivity index (χ1v) is 20.8. The predicted octanol–water partition coefficient (Wildman–Crippen LogP) is 12.7. The van der Waals surface area contributed by atoms with Crippen LogP contribution in [0.4, 0.5) is 34.1 Å². The summed E-state index contributed by atoms with van der Waals surface area (Å²) < 4.78 is 10.3. The van der Waals surface area contributed by atoms with E-state index in [9.17, 15) is 0 Å². The lowest BCUT2D eigenvalue weighted by atomic mass is 9.82. The molecule has 2 aliphatic rings. The van der Waals surface area contributed by atoms with Gasteiger partial charge in [0.25, 0.3) is 0 Å². The lowest BCUT2D eigenvalue weighted by molar-refractivity contribution is 0.452. The van der Waals surface area contributed by atoms with Gasteiger partial charge in [-0.1, -0.05) is 125 Å². The van der Waals surface area contributed by atoms with Crippen molar-refractivity contribution in [3.05, 3.63) is 216 Å². The average Bonchev–Trinajstić information content (AvgIpc) is 3.67. The normalized spacial score (nSPS) is 13.3. The fourth-order valence-corrected chi connectivity index (χ4v) is 9.17. The molecule has 0 heterocycles. The van der Waals surface area contributed by atoms with Crippen LogP contribution in [0.5, 0.6) is 11.5 Å². The van der Waals surface area contributed by atoms with E-state index >= 15 is 0 Å². The number of hydrogen-bond donors (Lipinski definition) is 2. The highest BCUT2D eigenvalue weighted by molar-refractivity contribution is 6.17. The van der Waals surface area contributed by atoms with Crippen molar-refractivity contribution in [3.8, 4) is 33.8 Å². The van der Waals surface area contributed by atoms with Crippen molar-refractivity contribution in [2.24, 2.45) is 0 Å². The van der Waals surface area contributed by atoms with Gasteiger partial charge in [-0.2, -0.15) is 0 Å². The minimum atomic E-state index is -0.186. The number of benzene rings is 8. The van der Waals surface area contributed by atoms with Crippen LogP contribution in [0.1, 0.15) is 49.9 Å². The molecule has 10 rings (SSSR count). The average molecular weight is 809 g/mol. The van der Waals surface area contributed by atoms with Crippen LogP contribution in [0, 0.1) is 0 Å². The van der Waals surface area contributed by atoms with Crippen LogP contribution >= 0.6 is 0 Å². The van der Waals surface area contributed by atoms with Gasteiger partial charge in [0.05, 0.1) is 0 Å². The third-order valence-electron chi connectivity index (χ3n) is 12.2. The fraction of sp³-hybridized carbons (Fsp3) is 0.111. The predicted molar refractivity (Wildman–Crippen MR) is 255 cm³/mol. The van der Waals surface area contributed by atoms with Crippen LogP contribution in [-0.4, -0.2) is 25.4 Å². The Morgan fingerprint density at radius 1 is 0.339 bits per heavy atom. The Bertz CT molecular complexity index is 2790. The topological polar surface area (TPSA) is 65.4 Å². The van der Waals surface area contributed by atoms with E-state index in [1.54, 1.807) is 0 Å². The second kappa shape index (κ2) is 16.8. The first-order chi connectivity index (χ1) is 30.2. The van der Waals surface area contributed by atoms with E-state index in [0.717, 1.165) is 41.8 Å². The molecule has 0 saturated carbocycles. The van der Waals surface area contributed by atoms with Crippen molar-refractivity contribution < 1.29 is 19.4 Å². The molecule has 302 valence electrons. The molecule has 2 radical (unpaired) electrons. The van der Waals surface area contributed by atoms with Gasteiger partial charge in [0.1, 0.15) is 11.5 Å². The van der Waals surface area contributed by atoms with E-state index in [0.29, 0.717) is 19.2 Å². The molecule has 0 bridgehead atoms. The highest BCUT2D eigenvalue weighted by Crippen LogP contribution is 2.52. The van der Waals surface area contributed by atoms with Gasteiger partial charge in [-0.05, 0) is 142 Å². The largest absolute Gasteiger partial charge is 0.569 e. The van der Waals surface area contributed by atoms with Gasteiger partial charge in [-0.3, -0.25) is 0 Å². The second-order valence-electron chi connectivity index (χ2n) is 16.6. The van der Waals surface area contributed by atoms with Gasteiger partial charge in [0.15, 0.2) is 0 Å². The summed E-state index contributed by atoms with van der Waals surface area (Å²) >= 11 is 0. The maximum absolute atomic E-state index is 9.03. The van der Waals surface area contributed by atoms with Gasteiger partial charge < -0.3 is 29.2 Å². The Balaban J connectivity index is 0.000000158. The molecule has 2 aliphatic carbocycles. The first-order valence-electron chi connectivity index (χ1n) is 20.8. The van der Waals surface area contributed by atoms with Crippen LogP contribution < -0.4 is 19.1 Å². The van der Waals surface area contributed by atoms with Crippen molar-refractivity contribution in [1.29, 1.82) is 0 Å². The molecule has 0 aliphatic heterocycles. The van der Waals surface area contributed by atoms with Crippen molar-refractivity contribution >= 4 is 49.5 Å². The highest BCUT2D eigenvalue weighted by atomic mass is 16.5. The maximum Gasteiger partial charge on any atom is 0.569 e. The summed E-state index contributed by atoms with van der Waals surface area (Å²) in [7, 11) is 1.43. The monoisotopic (exact) mass is 808 g/mol. The molecule has 0 atom stereocenters. The quantitative estimate of drug-likeness (QED) is 0.134. The Labute approximate surface area is 365 Å². The molecular formula is C54H46B2N2O4. The van der Waals surface area contributed by atoms with E-state index in [1.165, 1.54) is 44.5 Å². The number of fused-ring (bicyclic) bond motifs is 6.